The van der Waals surface area contributed by atoms with E-state index in [1.165, 1.54) is 5.56 Å². The molecule has 2 aromatic rings. The number of anilines is 1. The standard InChI is InChI=1S/C20H21N3O3/c21-9-14-10-23(11-16(14)13-5-2-1-3-6-13)20(25)15-7-4-8-17-19(15)26-12-18(24)22-17/h1-8,14,16H,9-12,21H2,(H,22,24)/t14-,16+/m1/s1. The Hall–Kier alpha value is -2.86. The molecule has 134 valence electrons. The van der Waals surface area contributed by atoms with Crippen molar-refractivity contribution in [2.24, 2.45) is 11.7 Å². The Morgan fingerprint density at radius 2 is 1.96 bits per heavy atom. The molecule has 6 heteroatoms. The fourth-order valence-electron chi connectivity index (χ4n) is 3.81. The minimum Gasteiger partial charge on any atom is -0.481 e. The summed E-state index contributed by atoms with van der Waals surface area (Å²) in [5.74, 6) is 0.599. The van der Waals surface area contributed by atoms with Gasteiger partial charge in [0, 0.05) is 19.0 Å². The molecule has 0 saturated carbocycles. The molecule has 0 spiro atoms. The van der Waals surface area contributed by atoms with Crippen LogP contribution in [0, 0.1) is 5.92 Å². The van der Waals surface area contributed by atoms with E-state index < -0.39 is 0 Å². The van der Waals surface area contributed by atoms with Gasteiger partial charge in [0.2, 0.25) is 0 Å². The van der Waals surface area contributed by atoms with Crippen LogP contribution in [0.4, 0.5) is 5.69 Å². The average molecular weight is 351 g/mol. The number of benzene rings is 2. The van der Waals surface area contributed by atoms with Crippen LogP contribution in [0.15, 0.2) is 48.5 Å². The summed E-state index contributed by atoms with van der Waals surface area (Å²) in [4.78, 5) is 26.5. The van der Waals surface area contributed by atoms with E-state index in [-0.39, 0.29) is 30.3 Å². The largest absolute Gasteiger partial charge is 0.481 e. The third-order valence-electron chi connectivity index (χ3n) is 5.13. The minimum atomic E-state index is -0.212. The molecule has 1 fully saturated rings. The lowest BCUT2D eigenvalue weighted by Gasteiger charge is -2.23. The summed E-state index contributed by atoms with van der Waals surface area (Å²) in [5.41, 5.74) is 8.21. The van der Waals surface area contributed by atoms with Crippen LogP contribution in [0.25, 0.3) is 0 Å². The van der Waals surface area contributed by atoms with Crippen molar-refractivity contribution >= 4 is 17.5 Å². The van der Waals surface area contributed by atoms with Crippen molar-refractivity contribution in [3.63, 3.8) is 0 Å². The van der Waals surface area contributed by atoms with Crippen LogP contribution in [0.1, 0.15) is 21.8 Å². The summed E-state index contributed by atoms with van der Waals surface area (Å²) in [6.07, 6.45) is 0. The second-order valence-corrected chi connectivity index (χ2v) is 6.74. The first-order chi connectivity index (χ1) is 12.7. The number of fused-ring (bicyclic) bond motifs is 1. The molecule has 6 nitrogen and oxygen atoms in total. The number of para-hydroxylation sites is 1. The van der Waals surface area contributed by atoms with Gasteiger partial charge in [-0.25, -0.2) is 0 Å². The fraction of sp³-hybridized carbons (Fsp3) is 0.300. The van der Waals surface area contributed by atoms with Crippen molar-refractivity contribution in [1.29, 1.82) is 0 Å². The number of amides is 2. The Labute approximate surface area is 151 Å². The van der Waals surface area contributed by atoms with Gasteiger partial charge in [-0.15, -0.1) is 0 Å². The van der Waals surface area contributed by atoms with Gasteiger partial charge >= 0.3 is 0 Å². The normalized spacial score (nSPS) is 21.7. The number of carbonyl (C=O) groups excluding carboxylic acids is 2. The lowest BCUT2D eigenvalue weighted by Crippen LogP contribution is -2.32. The number of rotatable bonds is 3. The highest BCUT2D eigenvalue weighted by Gasteiger charge is 2.37. The molecule has 0 radical (unpaired) electrons. The molecule has 2 atom stereocenters. The van der Waals surface area contributed by atoms with Crippen LogP contribution in [-0.2, 0) is 4.79 Å². The van der Waals surface area contributed by atoms with Crippen molar-refractivity contribution in [1.82, 2.24) is 4.90 Å². The molecule has 1 saturated heterocycles. The van der Waals surface area contributed by atoms with E-state index in [2.05, 4.69) is 17.4 Å². The van der Waals surface area contributed by atoms with E-state index in [1.54, 1.807) is 18.2 Å². The predicted octanol–water partition coefficient (Wildman–Crippen LogP) is 1.83. The number of ether oxygens (including phenoxy) is 1. The van der Waals surface area contributed by atoms with Gasteiger partial charge < -0.3 is 20.7 Å². The van der Waals surface area contributed by atoms with Gasteiger partial charge in [-0.2, -0.15) is 0 Å². The second kappa shape index (κ2) is 6.80. The van der Waals surface area contributed by atoms with Crippen LogP contribution in [0.2, 0.25) is 0 Å². The van der Waals surface area contributed by atoms with Crippen LogP contribution >= 0.6 is 0 Å². The van der Waals surface area contributed by atoms with Gasteiger partial charge in [0.25, 0.3) is 11.8 Å². The zero-order chi connectivity index (χ0) is 18.1. The Morgan fingerprint density at radius 1 is 1.15 bits per heavy atom. The maximum atomic E-state index is 13.1. The van der Waals surface area contributed by atoms with Gasteiger partial charge in [-0.3, -0.25) is 9.59 Å². The van der Waals surface area contributed by atoms with Crippen LogP contribution in [0.3, 0.4) is 0 Å². The smallest absolute Gasteiger partial charge is 0.262 e. The molecule has 2 aliphatic rings. The quantitative estimate of drug-likeness (QED) is 0.884. The summed E-state index contributed by atoms with van der Waals surface area (Å²) in [5, 5.41) is 2.75. The van der Waals surface area contributed by atoms with E-state index in [1.807, 2.05) is 23.1 Å². The molecular formula is C20H21N3O3. The molecule has 26 heavy (non-hydrogen) atoms. The molecule has 0 aliphatic carbocycles. The highest BCUT2D eigenvalue weighted by molar-refractivity contribution is 6.03. The summed E-state index contributed by atoms with van der Waals surface area (Å²) < 4.78 is 5.53. The van der Waals surface area contributed by atoms with E-state index in [4.69, 9.17) is 10.5 Å². The molecule has 2 amide bonds. The lowest BCUT2D eigenvalue weighted by molar-refractivity contribution is -0.118. The summed E-state index contributed by atoms with van der Waals surface area (Å²) in [7, 11) is 0. The first-order valence-corrected chi connectivity index (χ1v) is 8.77. The maximum absolute atomic E-state index is 13.1. The van der Waals surface area contributed by atoms with Crippen LogP contribution in [-0.4, -0.2) is 43.0 Å². The zero-order valence-electron chi connectivity index (χ0n) is 14.4. The van der Waals surface area contributed by atoms with Gasteiger partial charge in [-0.05, 0) is 30.2 Å². The minimum absolute atomic E-state index is 0.0740. The number of hydrogen-bond donors (Lipinski definition) is 2. The molecule has 4 rings (SSSR count). The Morgan fingerprint density at radius 3 is 2.73 bits per heavy atom. The molecule has 0 aromatic heterocycles. The average Bonchev–Trinajstić information content (AvgIpc) is 3.12. The number of hydrogen-bond acceptors (Lipinski definition) is 4. The first-order valence-electron chi connectivity index (χ1n) is 8.77. The molecule has 2 aromatic carbocycles. The van der Waals surface area contributed by atoms with E-state index in [0.717, 1.165) is 0 Å². The SMILES string of the molecule is NC[C@@H]1CN(C(=O)c2cccc3c2OCC(=O)N3)C[C@H]1c1ccccc1. The highest BCUT2D eigenvalue weighted by Crippen LogP contribution is 2.36. The number of likely N-dealkylation sites (tertiary alicyclic amines) is 1. The Kier molecular flexibility index (Phi) is 4.34. The van der Waals surface area contributed by atoms with Gasteiger partial charge in [0.1, 0.15) is 0 Å². The summed E-state index contributed by atoms with van der Waals surface area (Å²) in [6, 6.07) is 15.4. The number of nitrogens with two attached hydrogens (primary N) is 1. The first kappa shape index (κ1) is 16.6. The van der Waals surface area contributed by atoms with Crippen molar-refractivity contribution in [3.05, 3.63) is 59.7 Å². The van der Waals surface area contributed by atoms with Crippen molar-refractivity contribution < 1.29 is 14.3 Å². The van der Waals surface area contributed by atoms with Crippen molar-refractivity contribution in [2.45, 2.75) is 5.92 Å². The molecule has 2 aliphatic heterocycles. The fourth-order valence-corrected chi connectivity index (χ4v) is 3.81. The highest BCUT2D eigenvalue weighted by atomic mass is 16.5. The summed E-state index contributed by atoms with van der Waals surface area (Å²) in [6.45, 7) is 1.70. The number of nitrogens with one attached hydrogen (secondary N) is 1. The molecule has 3 N–H and O–H groups in total. The molecule has 2 heterocycles. The van der Waals surface area contributed by atoms with Crippen LogP contribution < -0.4 is 15.8 Å². The van der Waals surface area contributed by atoms with E-state index in [0.29, 0.717) is 36.6 Å². The molecule has 0 bridgehead atoms. The van der Waals surface area contributed by atoms with Crippen molar-refractivity contribution in [3.8, 4) is 5.75 Å². The van der Waals surface area contributed by atoms with E-state index in [9.17, 15) is 9.59 Å². The predicted molar refractivity (Wildman–Crippen MR) is 98.2 cm³/mol. The van der Waals surface area contributed by atoms with E-state index >= 15 is 0 Å². The maximum Gasteiger partial charge on any atom is 0.262 e. The van der Waals surface area contributed by atoms with Crippen LogP contribution in [0.5, 0.6) is 5.75 Å². The molecular weight excluding hydrogens is 330 g/mol. The third-order valence-corrected chi connectivity index (χ3v) is 5.13. The number of nitrogens with zero attached hydrogens (tertiary/aromatic N) is 1. The zero-order valence-corrected chi connectivity index (χ0v) is 14.4. The molecule has 0 unspecified atom stereocenters. The van der Waals surface area contributed by atoms with Crippen molar-refractivity contribution in [2.75, 3.05) is 31.6 Å². The topological polar surface area (TPSA) is 84.7 Å². The monoisotopic (exact) mass is 351 g/mol. The van der Waals surface area contributed by atoms with Gasteiger partial charge in [0.15, 0.2) is 12.4 Å². The number of carbonyl (C=O) groups is 2. The van der Waals surface area contributed by atoms with Gasteiger partial charge in [-0.1, -0.05) is 36.4 Å². The second-order valence-electron chi connectivity index (χ2n) is 6.74. The summed E-state index contributed by atoms with van der Waals surface area (Å²) >= 11 is 0. The Bertz CT molecular complexity index is 837. The van der Waals surface area contributed by atoms with Gasteiger partial charge in [0.05, 0.1) is 11.3 Å². The third kappa shape index (κ3) is 2.93. The Balaban J connectivity index is 1.60. The lowest BCUT2D eigenvalue weighted by atomic mass is 9.89.